The number of hydrogen-bond acceptors (Lipinski definition) is 2. The Hall–Kier alpha value is -2.27. The Balaban J connectivity index is 1.88. The van der Waals surface area contributed by atoms with Gasteiger partial charge in [0.15, 0.2) is 0 Å². The van der Waals surface area contributed by atoms with Gasteiger partial charge in [-0.05, 0) is 41.8 Å². The number of carbonyl (C=O) groups excluding carboxylic acids is 1. The van der Waals surface area contributed by atoms with Crippen LogP contribution in [0.1, 0.15) is 21.5 Å². The molecule has 0 radical (unpaired) electrons. The van der Waals surface area contributed by atoms with Crippen LogP contribution in [0.25, 0.3) is 0 Å². The fourth-order valence-electron chi connectivity index (χ4n) is 1.97. The lowest BCUT2D eigenvalue weighted by molar-refractivity contribution is 0.0954. The first-order valence-corrected chi connectivity index (χ1v) is 6.60. The van der Waals surface area contributed by atoms with E-state index >= 15 is 0 Å². The number of carbonyl (C=O) groups is 1. The highest BCUT2D eigenvalue weighted by Crippen LogP contribution is 2.08. The SMILES string of the molecule is NCc1ccc(C(=O)NCCc2cc(F)cc(F)c2)cc1. The van der Waals surface area contributed by atoms with Crippen molar-refractivity contribution in [1.82, 2.24) is 5.32 Å². The highest BCUT2D eigenvalue weighted by Gasteiger charge is 2.05. The fourth-order valence-corrected chi connectivity index (χ4v) is 1.97. The van der Waals surface area contributed by atoms with E-state index in [0.717, 1.165) is 11.6 Å². The summed E-state index contributed by atoms with van der Waals surface area (Å²) in [6.07, 6.45) is 0.362. The third-order valence-corrected chi connectivity index (χ3v) is 3.07. The maximum Gasteiger partial charge on any atom is 0.251 e. The molecule has 0 saturated heterocycles. The van der Waals surface area contributed by atoms with Crippen LogP contribution in [0, 0.1) is 11.6 Å². The summed E-state index contributed by atoms with van der Waals surface area (Å²) in [6.45, 7) is 0.730. The lowest BCUT2D eigenvalue weighted by Gasteiger charge is -2.06. The van der Waals surface area contributed by atoms with Gasteiger partial charge >= 0.3 is 0 Å². The zero-order chi connectivity index (χ0) is 15.2. The second-order valence-electron chi connectivity index (χ2n) is 4.68. The van der Waals surface area contributed by atoms with Crippen LogP contribution in [0.3, 0.4) is 0 Å². The van der Waals surface area contributed by atoms with Crippen molar-refractivity contribution < 1.29 is 13.6 Å². The van der Waals surface area contributed by atoms with Gasteiger partial charge in [-0.2, -0.15) is 0 Å². The first kappa shape index (κ1) is 15.1. The number of benzene rings is 2. The molecule has 0 spiro atoms. The molecule has 2 rings (SSSR count). The van der Waals surface area contributed by atoms with Crippen molar-refractivity contribution in [3.63, 3.8) is 0 Å². The van der Waals surface area contributed by atoms with Crippen LogP contribution in [0.5, 0.6) is 0 Å². The molecule has 0 aliphatic heterocycles. The first-order valence-electron chi connectivity index (χ1n) is 6.60. The fraction of sp³-hybridized carbons (Fsp3) is 0.188. The summed E-state index contributed by atoms with van der Waals surface area (Å²) >= 11 is 0. The third kappa shape index (κ3) is 4.36. The minimum absolute atomic E-state index is 0.226. The Morgan fingerprint density at radius 2 is 1.62 bits per heavy atom. The minimum atomic E-state index is -0.617. The van der Waals surface area contributed by atoms with Gasteiger partial charge < -0.3 is 11.1 Å². The molecular weight excluding hydrogens is 274 g/mol. The van der Waals surface area contributed by atoms with E-state index < -0.39 is 11.6 Å². The van der Waals surface area contributed by atoms with Gasteiger partial charge in [-0.15, -0.1) is 0 Å². The van der Waals surface area contributed by atoms with Crippen molar-refractivity contribution >= 4 is 5.91 Å². The van der Waals surface area contributed by atoms with E-state index in [0.29, 0.717) is 30.6 Å². The highest BCUT2D eigenvalue weighted by atomic mass is 19.1. The predicted molar refractivity (Wildman–Crippen MR) is 76.7 cm³/mol. The summed E-state index contributed by atoms with van der Waals surface area (Å²) in [5.41, 5.74) is 7.46. The molecule has 110 valence electrons. The number of halogens is 2. The topological polar surface area (TPSA) is 55.1 Å². The van der Waals surface area contributed by atoms with Gasteiger partial charge in [-0.25, -0.2) is 8.78 Å². The van der Waals surface area contributed by atoms with Crippen LogP contribution in [0.2, 0.25) is 0 Å². The molecule has 2 aromatic rings. The summed E-state index contributed by atoms with van der Waals surface area (Å²) < 4.78 is 26.0. The molecule has 0 bridgehead atoms. The predicted octanol–water partition coefficient (Wildman–Crippen LogP) is 2.40. The average Bonchev–Trinajstić information content (AvgIpc) is 2.46. The van der Waals surface area contributed by atoms with Crippen molar-refractivity contribution in [2.45, 2.75) is 13.0 Å². The van der Waals surface area contributed by atoms with E-state index in [1.807, 2.05) is 0 Å². The smallest absolute Gasteiger partial charge is 0.251 e. The monoisotopic (exact) mass is 290 g/mol. The van der Waals surface area contributed by atoms with Crippen LogP contribution in [-0.2, 0) is 13.0 Å². The van der Waals surface area contributed by atoms with Gasteiger partial charge in [-0.1, -0.05) is 12.1 Å². The lowest BCUT2D eigenvalue weighted by Crippen LogP contribution is -2.25. The molecule has 3 nitrogen and oxygen atoms in total. The average molecular weight is 290 g/mol. The summed E-state index contributed by atoms with van der Waals surface area (Å²) in [7, 11) is 0. The first-order chi connectivity index (χ1) is 10.1. The number of hydrogen-bond donors (Lipinski definition) is 2. The summed E-state index contributed by atoms with van der Waals surface area (Å²) in [6, 6.07) is 10.3. The second kappa shape index (κ2) is 6.95. The van der Waals surface area contributed by atoms with Gasteiger partial charge in [0.1, 0.15) is 11.6 Å². The van der Waals surface area contributed by atoms with Gasteiger partial charge in [0, 0.05) is 24.7 Å². The number of rotatable bonds is 5. The van der Waals surface area contributed by atoms with Gasteiger partial charge in [0.25, 0.3) is 5.91 Å². The molecule has 3 N–H and O–H groups in total. The van der Waals surface area contributed by atoms with Crippen molar-refractivity contribution in [3.8, 4) is 0 Å². The highest BCUT2D eigenvalue weighted by molar-refractivity contribution is 5.94. The zero-order valence-electron chi connectivity index (χ0n) is 11.4. The Labute approximate surface area is 121 Å². The molecular formula is C16H16F2N2O. The van der Waals surface area contributed by atoms with E-state index in [4.69, 9.17) is 5.73 Å². The van der Waals surface area contributed by atoms with Crippen molar-refractivity contribution in [2.75, 3.05) is 6.54 Å². The largest absolute Gasteiger partial charge is 0.352 e. The summed E-state index contributed by atoms with van der Waals surface area (Å²) in [5.74, 6) is -1.46. The van der Waals surface area contributed by atoms with Crippen LogP contribution in [0.15, 0.2) is 42.5 Å². The van der Waals surface area contributed by atoms with Gasteiger partial charge in [0.2, 0.25) is 0 Å². The zero-order valence-corrected chi connectivity index (χ0v) is 11.4. The second-order valence-corrected chi connectivity index (χ2v) is 4.68. The number of nitrogens with one attached hydrogen (secondary N) is 1. The maximum atomic E-state index is 13.0. The van der Waals surface area contributed by atoms with Crippen LogP contribution < -0.4 is 11.1 Å². The minimum Gasteiger partial charge on any atom is -0.352 e. The molecule has 0 atom stereocenters. The number of nitrogens with two attached hydrogens (primary N) is 1. The molecule has 0 heterocycles. The van der Waals surface area contributed by atoms with Gasteiger partial charge in [0.05, 0.1) is 0 Å². The molecule has 1 amide bonds. The Morgan fingerprint density at radius 3 is 2.19 bits per heavy atom. The van der Waals surface area contributed by atoms with E-state index in [1.165, 1.54) is 12.1 Å². The van der Waals surface area contributed by atoms with Crippen LogP contribution in [-0.4, -0.2) is 12.5 Å². The molecule has 0 aliphatic carbocycles. The Bertz CT molecular complexity index is 606. The summed E-state index contributed by atoms with van der Waals surface area (Å²) in [4.78, 5) is 11.9. The lowest BCUT2D eigenvalue weighted by atomic mass is 10.1. The quantitative estimate of drug-likeness (QED) is 0.888. The molecule has 5 heteroatoms. The molecule has 2 aromatic carbocycles. The molecule has 0 fully saturated rings. The van der Waals surface area contributed by atoms with Crippen LogP contribution >= 0.6 is 0 Å². The standard InChI is InChI=1S/C16H16F2N2O/c17-14-7-12(8-15(18)9-14)5-6-20-16(21)13-3-1-11(10-19)2-4-13/h1-4,7-9H,5-6,10,19H2,(H,20,21). The molecule has 0 saturated carbocycles. The molecule has 0 aliphatic rings. The van der Waals surface area contributed by atoms with E-state index in [9.17, 15) is 13.6 Å². The van der Waals surface area contributed by atoms with E-state index in [1.54, 1.807) is 24.3 Å². The number of amides is 1. The summed E-state index contributed by atoms with van der Waals surface area (Å²) in [5, 5.41) is 2.71. The van der Waals surface area contributed by atoms with Crippen molar-refractivity contribution in [1.29, 1.82) is 0 Å². The Kier molecular flexibility index (Phi) is 5.00. The third-order valence-electron chi connectivity index (χ3n) is 3.07. The van der Waals surface area contributed by atoms with Crippen LogP contribution in [0.4, 0.5) is 8.78 Å². The molecule has 0 aromatic heterocycles. The van der Waals surface area contributed by atoms with Crippen molar-refractivity contribution in [3.05, 3.63) is 70.8 Å². The van der Waals surface area contributed by atoms with Crippen molar-refractivity contribution in [2.24, 2.45) is 5.73 Å². The normalized spacial score (nSPS) is 10.4. The molecule has 21 heavy (non-hydrogen) atoms. The molecule has 0 unspecified atom stereocenters. The maximum absolute atomic E-state index is 13.0. The van der Waals surface area contributed by atoms with E-state index in [-0.39, 0.29) is 5.91 Å². The van der Waals surface area contributed by atoms with Gasteiger partial charge in [-0.3, -0.25) is 4.79 Å². The van der Waals surface area contributed by atoms with E-state index in [2.05, 4.69) is 5.32 Å². The Morgan fingerprint density at radius 1 is 1.00 bits per heavy atom.